The lowest BCUT2D eigenvalue weighted by molar-refractivity contribution is -0.141. The van der Waals surface area contributed by atoms with E-state index >= 15 is 0 Å². The van der Waals surface area contributed by atoms with Crippen LogP contribution in [0.3, 0.4) is 0 Å². The molecule has 18 heavy (non-hydrogen) atoms. The number of carboxylic acids is 3. The summed E-state index contributed by atoms with van der Waals surface area (Å²) in [6.45, 7) is 3.07. The van der Waals surface area contributed by atoms with Crippen LogP contribution in [-0.4, -0.2) is 46.9 Å². The maximum atomic E-state index is 9.70. The van der Waals surface area contributed by atoms with E-state index in [1.807, 2.05) is 0 Å². The van der Waals surface area contributed by atoms with Crippen LogP contribution >= 0.6 is 0 Å². The van der Waals surface area contributed by atoms with Crippen LogP contribution in [0.1, 0.15) is 20.3 Å². The third-order valence-electron chi connectivity index (χ3n) is 0.992. The number of rotatable bonds is 4. The van der Waals surface area contributed by atoms with Gasteiger partial charge in [-0.25, -0.2) is 4.79 Å². The summed E-state index contributed by atoms with van der Waals surface area (Å²) in [5, 5.41) is 31.1. The van der Waals surface area contributed by atoms with Gasteiger partial charge in [-0.3, -0.25) is 9.59 Å². The third-order valence-corrected chi connectivity index (χ3v) is 0.992. The van der Waals surface area contributed by atoms with Crippen LogP contribution in [0.2, 0.25) is 0 Å². The number of aliphatic carboxylic acids is 3. The highest BCUT2D eigenvalue weighted by Crippen LogP contribution is 1.87. The Morgan fingerprint density at radius 3 is 1.56 bits per heavy atom. The summed E-state index contributed by atoms with van der Waals surface area (Å²) >= 11 is 0. The first kappa shape index (κ1) is 21.2. The predicted octanol–water partition coefficient (Wildman–Crippen LogP) is 0.429. The molecule has 0 aromatic heterocycles. The van der Waals surface area contributed by atoms with Crippen molar-refractivity contribution in [2.24, 2.45) is 5.92 Å². The van der Waals surface area contributed by atoms with E-state index in [1.54, 1.807) is 13.8 Å². The Morgan fingerprint density at radius 1 is 1.17 bits per heavy atom. The normalized spacial score (nSPS) is 7.94. The van der Waals surface area contributed by atoms with Crippen LogP contribution < -0.4 is 0 Å². The molecule has 0 bridgehead atoms. The van der Waals surface area contributed by atoms with Gasteiger partial charge in [0.25, 0.3) is 0 Å². The van der Waals surface area contributed by atoms with E-state index < -0.39 is 24.3 Å². The number of carbonyl (C=O) groups is 3. The third kappa shape index (κ3) is 37.1. The zero-order chi connectivity index (χ0) is 15.1. The molecule has 0 saturated carbocycles. The van der Waals surface area contributed by atoms with Gasteiger partial charge in [0.15, 0.2) is 0 Å². The van der Waals surface area contributed by atoms with Crippen LogP contribution in [0, 0.1) is 17.2 Å². The fraction of sp³-hybridized carbons (Fsp3) is 0.600. The van der Waals surface area contributed by atoms with E-state index in [-0.39, 0.29) is 12.5 Å². The maximum Gasteiger partial charge on any atom is 0.329 e. The molecule has 0 rings (SSSR count). The molecule has 3 N–H and O–H groups in total. The van der Waals surface area contributed by atoms with E-state index in [2.05, 4.69) is 4.74 Å². The minimum atomic E-state index is -1.07. The van der Waals surface area contributed by atoms with Crippen molar-refractivity contribution in [3.05, 3.63) is 0 Å². The number of nitriles is 1. The summed E-state index contributed by atoms with van der Waals surface area (Å²) in [5.74, 6) is -2.98. The van der Waals surface area contributed by atoms with Crippen molar-refractivity contribution < 1.29 is 34.4 Å². The van der Waals surface area contributed by atoms with Crippen LogP contribution in [0.15, 0.2) is 0 Å². The van der Waals surface area contributed by atoms with E-state index in [1.165, 1.54) is 13.2 Å². The van der Waals surface area contributed by atoms with Gasteiger partial charge in [-0.05, 0) is 0 Å². The Labute approximate surface area is 104 Å². The topological polar surface area (TPSA) is 145 Å². The van der Waals surface area contributed by atoms with Gasteiger partial charge in [0.1, 0.15) is 13.0 Å². The molecule has 104 valence electrons. The summed E-state index contributed by atoms with van der Waals surface area (Å²) < 4.78 is 4.20. The zero-order valence-electron chi connectivity index (χ0n) is 10.4. The van der Waals surface area contributed by atoms with Crippen molar-refractivity contribution in [3.63, 3.8) is 0 Å². The molecule has 0 radical (unpaired) electrons. The molecule has 8 nitrogen and oxygen atoms in total. The molecule has 8 heteroatoms. The van der Waals surface area contributed by atoms with Crippen molar-refractivity contribution in [1.82, 2.24) is 0 Å². The van der Waals surface area contributed by atoms with Crippen LogP contribution in [-0.2, 0) is 19.1 Å². The van der Waals surface area contributed by atoms with Crippen LogP contribution in [0.4, 0.5) is 0 Å². The van der Waals surface area contributed by atoms with Gasteiger partial charge >= 0.3 is 17.9 Å². The van der Waals surface area contributed by atoms with Gasteiger partial charge < -0.3 is 20.1 Å². The lowest BCUT2D eigenvalue weighted by atomic mass is 10.2. The van der Waals surface area contributed by atoms with E-state index in [9.17, 15) is 14.4 Å². The largest absolute Gasteiger partial charge is 0.481 e. The Hall–Kier alpha value is -2.14. The lowest BCUT2D eigenvalue weighted by Gasteiger charge is -1.89. The fourth-order valence-electron chi connectivity index (χ4n) is 0.191. The SMILES string of the molecule is CC(C)C(=O)O.COCC(=O)O.N#CCC(=O)O. The van der Waals surface area contributed by atoms with Gasteiger partial charge in [-0.15, -0.1) is 0 Å². The van der Waals surface area contributed by atoms with Crippen molar-refractivity contribution in [2.45, 2.75) is 20.3 Å². The van der Waals surface area contributed by atoms with E-state index in [0.29, 0.717) is 0 Å². The highest BCUT2D eigenvalue weighted by atomic mass is 16.5. The monoisotopic (exact) mass is 263 g/mol. The number of methoxy groups -OCH3 is 1. The van der Waals surface area contributed by atoms with Crippen LogP contribution in [0.5, 0.6) is 0 Å². The summed E-state index contributed by atoms with van der Waals surface area (Å²) in [6.07, 6.45) is -0.403. The van der Waals surface area contributed by atoms with Crippen molar-refractivity contribution in [1.29, 1.82) is 5.26 Å². The highest BCUT2D eigenvalue weighted by molar-refractivity contribution is 5.69. The number of ether oxygens (including phenoxy) is 1. The lowest BCUT2D eigenvalue weighted by Crippen LogP contribution is -2.03. The molecule has 0 aliphatic heterocycles. The van der Waals surface area contributed by atoms with Crippen molar-refractivity contribution in [2.75, 3.05) is 13.7 Å². The smallest absolute Gasteiger partial charge is 0.329 e. The summed E-state index contributed by atoms with van der Waals surface area (Å²) in [7, 11) is 1.34. The Kier molecular flexibility index (Phi) is 17.5. The molecule has 0 amide bonds. The number of hydrogen-bond donors (Lipinski definition) is 3. The van der Waals surface area contributed by atoms with E-state index in [0.717, 1.165) is 0 Å². The second kappa shape index (κ2) is 14.9. The number of nitrogens with zero attached hydrogens (tertiary/aromatic N) is 1. The summed E-state index contributed by atoms with van der Waals surface area (Å²) in [4.78, 5) is 28.6. The Morgan fingerprint density at radius 2 is 1.56 bits per heavy atom. The number of hydrogen-bond acceptors (Lipinski definition) is 5. The zero-order valence-corrected chi connectivity index (χ0v) is 10.4. The second-order valence-electron chi connectivity index (χ2n) is 3.05. The molecule has 0 fully saturated rings. The molecule has 0 aliphatic rings. The van der Waals surface area contributed by atoms with Gasteiger partial charge in [-0.2, -0.15) is 5.26 Å². The van der Waals surface area contributed by atoms with Crippen molar-refractivity contribution >= 4 is 17.9 Å². The highest BCUT2D eigenvalue weighted by Gasteiger charge is 1.99. The van der Waals surface area contributed by atoms with Crippen molar-refractivity contribution in [3.8, 4) is 6.07 Å². The number of carboxylic acid groups (broad SMARTS) is 3. The molecule has 0 aliphatic carbocycles. The molecule has 0 aromatic carbocycles. The van der Waals surface area contributed by atoms with Gasteiger partial charge in [0.2, 0.25) is 0 Å². The fourth-order valence-corrected chi connectivity index (χ4v) is 0.191. The molecule has 0 aromatic rings. The average molecular weight is 263 g/mol. The first-order valence-electron chi connectivity index (χ1n) is 4.71. The molecule has 0 unspecified atom stereocenters. The molecule has 0 spiro atoms. The average Bonchev–Trinajstić information content (AvgIpc) is 2.18. The summed E-state index contributed by atoms with van der Waals surface area (Å²) in [6, 6.07) is 1.47. The standard InChI is InChI=1S/C4H8O2.C3H3NO2.C3H6O3/c1-3(2)4(5)6;4-2-1-3(5)6;1-6-2-3(4)5/h3H,1-2H3,(H,5,6);1H2,(H,5,6);2H2,1H3,(H,4,5). The molecule has 0 saturated heterocycles. The quantitative estimate of drug-likeness (QED) is 0.661. The van der Waals surface area contributed by atoms with E-state index in [4.69, 9.17) is 20.6 Å². The first-order valence-corrected chi connectivity index (χ1v) is 4.71. The Bertz CT molecular complexity index is 293. The Balaban J connectivity index is -0.000000187. The molecule has 0 atom stereocenters. The second-order valence-corrected chi connectivity index (χ2v) is 3.05. The van der Waals surface area contributed by atoms with Gasteiger partial charge in [0.05, 0.1) is 12.0 Å². The molecular weight excluding hydrogens is 246 g/mol. The molecule has 0 heterocycles. The maximum absolute atomic E-state index is 9.70. The summed E-state index contributed by atoms with van der Waals surface area (Å²) in [5.41, 5.74) is 0. The predicted molar refractivity (Wildman–Crippen MR) is 59.9 cm³/mol. The van der Waals surface area contributed by atoms with Gasteiger partial charge in [0, 0.05) is 7.11 Å². The van der Waals surface area contributed by atoms with Gasteiger partial charge in [-0.1, -0.05) is 13.8 Å². The minimum absolute atomic E-state index is 0.208. The minimum Gasteiger partial charge on any atom is -0.481 e. The first-order chi connectivity index (χ1) is 8.18. The van der Waals surface area contributed by atoms with Crippen LogP contribution in [0.25, 0.3) is 0 Å². The molecular formula is C10H17NO7.